The van der Waals surface area contributed by atoms with Crippen LogP contribution in [0.2, 0.25) is 0 Å². The first-order valence-corrected chi connectivity index (χ1v) is 6.50. The Morgan fingerprint density at radius 3 is 2.39 bits per heavy atom. The number of hydrogen-bond donors (Lipinski definition) is 0. The first kappa shape index (κ1) is 13.0. The Balaban J connectivity index is 2.37. The second kappa shape index (κ2) is 5.44. The monoisotopic (exact) mass is 306 g/mol. The van der Waals surface area contributed by atoms with Gasteiger partial charge >= 0.3 is 0 Å². The normalized spacial score (nSPS) is 10.4. The molecule has 0 radical (unpaired) electrons. The van der Waals surface area contributed by atoms with E-state index in [-0.39, 0.29) is 11.6 Å². The third kappa shape index (κ3) is 2.67. The van der Waals surface area contributed by atoms with E-state index in [1.54, 1.807) is 36.4 Å². The first-order chi connectivity index (χ1) is 8.61. The average Bonchev–Trinajstić information content (AvgIpc) is 2.38. The lowest BCUT2D eigenvalue weighted by Crippen LogP contribution is -1.95. The molecule has 0 aliphatic heterocycles. The molecule has 3 heteroatoms. The molecule has 0 fully saturated rings. The molecule has 0 saturated carbocycles. The number of benzene rings is 2. The quantitative estimate of drug-likeness (QED) is 0.741. The molecule has 0 unspecified atom stereocenters. The van der Waals surface area contributed by atoms with Crippen molar-refractivity contribution in [1.29, 1.82) is 0 Å². The molecule has 1 nitrogen and oxygen atoms in total. The molecule has 0 heterocycles. The Kier molecular flexibility index (Phi) is 3.92. The van der Waals surface area contributed by atoms with Crippen LogP contribution in [-0.4, -0.2) is 5.78 Å². The number of Topliss-reactive ketones (excluding diaryl/α,β-unsaturated/α-hetero) is 1. The third-order valence-electron chi connectivity index (χ3n) is 2.77. The number of hydrogen-bond acceptors (Lipinski definition) is 1. The fourth-order valence-corrected chi connectivity index (χ4v) is 2.10. The summed E-state index contributed by atoms with van der Waals surface area (Å²) in [5.74, 6) is -0.184. The Bertz CT molecular complexity index is 576. The van der Waals surface area contributed by atoms with E-state index >= 15 is 0 Å². The van der Waals surface area contributed by atoms with Crippen LogP contribution in [-0.2, 0) is 0 Å². The molecule has 0 atom stereocenters. The lowest BCUT2D eigenvalue weighted by atomic mass is 10.0. The fraction of sp³-hybridized carbons (Fsp3) is 0.133. The van der Waals surface area contributed by atoms with Crippen molar-refractivity contribution in [1.82, 2.24) is 0 Å². The van der Waals surface area contributed by atoms with Crippen LogP contribution in [0.3, 0.4) is 0 Å². The summed E-state index contributed by atoms with van der Waals surface area (Å²) >= 11 is 3.22. The highest BCUT2D eigenvalue weighted by atomic mass is 79.9. The lowest BCUT2D eigenvalue weighted by molar-refractivity contribution is 0.0988. The van der Waals surface area contributed by atoms with Crippen LogP contribution in [0.4, 0.5) is 4.39 Å². The summed E-state index contributed by atoms with van der Waals surface area (Å²) in [6.45, 7) is 1.82. The Morgan fingerprint density at radius 1 is 1.17 bits per heavy atom. The maximum Gasteiger partial charge on any atom is 0.162 e. The maximum absolute atomic E-state index is 13.8. The molecule has 2 aromatic rings. The summed E-state index contributed by atoms with van der Waals surface area (Å²) in [5.41, 5.74) is 1.97. The minimum Gasteiger partial charge on any atom is -0.294 e. The second-order valence-electron chi connectivity index (χ2n) is 3.98. The highest BCUT2D eigenvalue weighted by Crippen LogP contribution is 2.25. The Hall–Kier alpha value is -1.48. The van der Waals surface area contributed by atoms with E-state index in [2.05, 4.69) is 15.9 Å². The van der Waals surface area contributed by atoms with E-state index in [1.807, 2.05) is 6.92 Å². The van der Waals surface area contributed by atoms with E-state index in [1.165, 1.54) is 6.07 Å². The molecule has 18 heavy (non-hydrogen) atoms. The van der Waals surface area contributed by atoms with Crippen molar-refractivity contribution in [3.05, 3.63) is 58.3 Å². The number of halogens is 2. The molecular weight excluding hydrogens is 295 g/mol. The topological polar surface area (TPSA) is 17.1 Å². The zero-order chi connectivity index (χ0) is 13.1. The van der Waals surface area contributed by atoms with Gasteiger partial charge in [-0.1, -0.05) is 53.2 Å². The van der Waals surface area contributed by atoms with Gasteiger partial charge in [0.05, 0.1) is 0 Å². The van der Waals surface area contributed by atoms with Crippen LogP contribution < -0.4 is 0 Å². The number of ketones is 1. The smallest absolute Gasteiger partial charge is 0.162 e. The van der Waals surface area contributed by atoms with Crippen LogP contribution in [0.15, 0.2) is 46.9 Å². The van der Waals surface area contributed by atoms with Crippen LogP contribution >= 0.6 is 15.9 Å². The van der Waals surface area contributed by atoms with E-state index < -0.39 is 0 Å². The Morgan fingerprint density at radius 2 is 1.83 bits per heavy atom. The van der Waals surface area contributed by atoms with Gasteiger partial charge in [0.1, 0.15) is 5.82 Å². The zero-order valence-electron chi connectivity index (χ0n) is 9.91. The summed E-state index contributed by atoms with van der Waals surface area (Å²) in [4.78, 5) is 11.5. The van der Waals surface area contributed by atoms with Crippen LogP contribution in [0.5, 0.6) is 0 Å². The van der Waals surface area contributed by atoms with Crippen molar-refractivity contribution >= 4 is 21.7 Å². The lowest BCUT2D eigenvalue weighted by Gasteiger charge is -2.05. The molecule has 0 bridgehead atoms. The first-order valence-electron chi connectivity index (χ1n) is 5.70. The van der Waals surface area contributed by atoms with Crippen molar-refractivity contribution in [2.45, 2.75) is 13.3 Å². The van der Waals surface area contributed by atoms with Gasteiger partial charge in [-0.15, -0.1) is 0 Å². The van der Waals surface area contributed by atoms with Crippen molar-refractivity contribution in [3.63, 3.8) is 0 Å². The number of rotatable bonds is 3. The molecule has 92 valence electrons. The van der Waals surface area contributed by atoms with Gasteiger partial charge in [-0.3, -0.25) is 4.79 Å². The van der Waals surface area contributed by atoms with Crippen molar-refractivity contribution in [2.24, 2.45) is 0 Å². The van der Waals surface area contributed by atoms with Crippen molar-refractivity contribution < 1.29 is 9.18 Å². The van der Waals surface area contributed by atoms with Gasteiger partial charge in [0.2, 0.25) is 0 Å². The summed E-state index contributed by atoms with van der Waals surface area (Å²) in [6, 6.07) is 12.0. The predicted octanol–water partition coefficient (Wildman–Crippen LogP) is 4.85. The molecule has 0 amide bonds. The van der Waals surface area contributed by atoms with Crippen LogP contribution in [0, 0.1) is 5.82 Å². The van der Waals surface area contributed by atoms with Crippen molar-refractivity contribution in [3.8, 4) is 11.1 Å². The minimum atomic E-state index is -0.279. The van der Waals surface area contributed by atoms with Gasteiger partial charge < -0.3 is 0 Å². The van der Waals surface area contributed by atoms with Gasteiger partial charge in [-0.05, 0) is 17.7 Å². The van der Waals surface area contributed by atoms with E-state index in [4.69, 9.17) is 0 Å². The largest absolute Gasteiger partial charge is 0.294 e. The van der Waals surface area contributed by atoms with Crippen LogP contribution in [0.1, 0.15) is 23.7 Å². The number of carbonyl (C=O) groups is 1. The predicted molar refractivity (Wildman–Crippen MR) is 74.2 cm³/mol. The van der Waals surface area contributed by atoms with Crippen molar-refractivity contribution in [2.75, 3.05) is 0 Å². The molecule has 0 aliphatic rings. The molecule has 0 spiro atoms. The molecule has 0 N–H and O–H groups in total. The molecular formula is C15H12BrFO. The van der Waals surface area contributed by atoms with Gasteiger partial charge in [-0.2, -0.15) is 0 Å². The standard InChI is InChI=1S/C15H12BrFO/c1-2-15(18)11-5-3-10(4-6-11)13-8-7-12(16)9-14(13)17/h3-9H,2H2,1H3. The molecule has 2 aromatic carbocycles. The van der Waals surface area contributed by atoms with E-state index in [0.717, 1.165) is 5.56 Å². The molecule has 2 rings (SSSR count). The SMILES string of the molecule is CCC(=O)c1ccc(-c2ccc(Br)cc2F)cc1. The fourth-order valence-electron chi connectivity index (χ4n) is 1.76. The second-order valence-corrected chi connectivity index (χ2v) is 4.89. The highest BCUT2D eigenvalue weighted by molar-refractivity contribution is 9.10. The van der Waals surface area contributed by atoms with E-state index in [9.17, 15) is 9.18 Å². The van der Waals surface area contributed by atoms with E-state index in [0.29, 0.717) is 22.0 Å². The highest BCUT2D eigenvalue weighted by Gasteiger charge is 2.07. The summed E-state index contributed by atoms with van der Waals surface area (Å²) in [7, 11) is 0. The minimum absolute atomic E-state index is 0.0952. The third-order valence-corrected chi connectivity index (χ3v) is 3.26. The number of carbonyl (C=O) groups excluding carboxylic acids is 1. The van der Waals surface area contributed by atoms with Gasteiger partial charge in [0.25, 0.3) is 0 Å². The summed E-state index contributed by atoms with van der Waals surface area (Å²) in [5, 5.41) is 0. The zero-order valence-corrected chi connectivity index (χ0v) is 11.5. The maximum atomic E-state index is 13.8. The summed E-state index contributed by atoms with van der Waals surface area (Å²) in [6.07, 6.45) is 0.478. The van der Waals surface area contributed by atoms with Gasteiger partial charge in [-0.25, -0.2) is 4.39 Å². The van der Waals surface area contributed by atoms with Gasteiger partial charge in [0.15, 0.2) is 5.78 Å². The van der Waals surface area contributed by atoms with Crippen LogP contribution in [0.25, 0.3) is 11.1 Å². The molecule has 0 saturated heterocycles. The molecule has 0 aliphatic carbocycles. The molecule has 0 aromatic heterocycles. The Labute approximate surface area is 114 Å². The summed E-state index contributed by atoms with van der Waals surface area (Å²) < 4.78 is 14.5. The van der Waals surface area contributed by atoms with Gasteiger partial charge in [0, 0.05) is 22.0 Å². The average molecular weight is 307 g/mol.